The number of fused-ring (bicyclic) bond motifs is 1. The molecule has 1 fully saturated rings. The Labute approximate surface area is 124 Å². The van der Waals surface area contributed by atoms with Crippen molar-refractivity contribution in [3.63, 3.8) is 0 Å². The maximum atomic E-state index is 13.4. The van der Waals surface area contributed by atoms with Crippen LogP contribution in [0.25, 0.3) is 11.0 Å². The molecule has 1 aromatic carbocycles. The van der Waals surface area contributed by atoms with Crippen molar-refractivity contribution in [1.29, 1.82) is 0 Å². The van der Waals surface area contributed by atoms with E-state index in [9.17, 15) is 4.39 Å². The van der Waals surface area contributed by atoms with E-state index >= 15 is 0 Å². The molecule has 0 saturated heterocycles. The molecule has 1 unspecified atom stereocenters. The number of nitrogens with two attached hydrogens (primary N) is 1. The van der Waals surface area contributed by atoms with Gasteiger partial charge in [0, 0.05) is 10.9 Å². The number of halogens is 1. The lowest BCUT2D eigenvalue weighted by Crippen LogP contribution is -2.33. The van der Waals surface area contributed by atoms with Gasteiger partial charge in [-0.25, -0.2) is 9.82 Å². The topological polar surface area (TPSA) is 51.2 Å². The molecular formula is C17H23FN2O. The van der Waals surface area contributed by atoms with Gasteiger partial charge in [0.1, 0.15) is 17.2 Å². The molecule has 1 atom stereocenters. The number of aryl methyl sites for hydroxylation is 1. The second-order valence-corrected chi connectivity index (χ2v) is 6.13. The van der Waals surface area contributed by atoms with Gasteiger partial charge in [-0.3, -0.25) is 5.84 Å². The van der Waals surface area contributed by atoms with Gasteiger partial charge < -0.3 is 4.42 Å². The molecule has 0 radical (unpaired) electrons. The molecule has 2 aromatic rings. The summed E-state index contributed by atoms with van der Waals surface area (Å²) in [4.78, 5) is 0. The van der Waals surface area contributed by atoms with Crippen LogP contribution in [0.2, 0.25) is 0 Å². The molecule has 1 heterocycles. The highest BCUT2D eigenvalue weighted by Crippen LogP contribution is 2.37. The first-order chi connectivity index (χ1) is 10.2. The number of furan rings is 1. The summed E-state index contributed by atoms with van der Waals surface area (Å²) in [6, 6.07) is 4.68. The van der Waals surface area contributed by atoms with Crippen LogP contribution in [0.15, 0.2) is 22.6 Å². The van der Waals surface area contributed by atoms with Gasteiger partial charge in [0.2, 0.25) is 0 Å². The zero-order chi connectivity index (χ0) is 14.8. The molecule has 0 bridgehead atoms. The van der Waals surface area contributed by atoms with E-state index in [0.717, 1.165) is 22.3 Å². The quantitative estimate of drug-likeness (QED) is 0.502. The van der Waals surface area contributed by atoms with Gasteiger partial charge in [-0.15, -0.1) is 0 Å². The molecule has 3 nitrogen and oxygen atoms in total. The summed E-state index contributed by atoms with van der Waals surface area (Å²) >= 11 is 0. The summed E-state index contributed by atoms with van der Waals surface area (Å²) < 4.78 is 19.4. The summed E-state index contributed by atoms with van der Waals surface area (Å²) in [5.41, 5.74) is 4.68. The number of hydrazine groups is 1. The number of rotatable bonds is 3. The lowest BCUT2D eigenvalue weighted by molar-refractivity contribution is 0.290. The monoisotopic (exact) mass is 290 g/mol. The minimum atomic E-state index is -0.232. The molecule has 3 rings (SSSR count). The van der Waals surface area contributed by atoms with Crippen LogP contribution in [0.1, 0.15) is 55.9 Å². The molecule has 114 valence electrons. The highest BCUT2D eigenvalue weighted by Gasteiger charge is 2.28. The third-order valence-electron chi connectivity index (χ3n) is 4.77. The molecular weight excluding hydrogens is 267 g/mol. The predicted molar refractivity (Wildman–Crippen MR) is 82.2 cm³/mol. The molecule has 0 aliphatic heterocycles. The van der Waals surface area contributed by atoms with E-state index < -0.39 is 0 Å². The van der Waals surface area contributed by atoms with Gasteiger partial charge in [-0.05, 0) is 43.9 Å². The Hall–Kier alpha value is -1.39. The third-order valence-corrected chi connectivity index (χ3v) is 4.77. The van der Waals surface area contributed by atoms with Gasteiger partial charge >= 0.3 is 0 Å². The number of nitrogens with one attached hydrogen (secondary N) is 1. The van der Waals surface area contributed by atoms with Crippen LogP contribution < -0.4 is 11.3 Å². The Bertz CT molecular complexity index is 615. The minimum Gasteiger partial charge on any atom is -0.459 e. The molecule has 1 aliphatic rings. The average molecular weight is 290 g/mol. The van der Waals surface area contributed by atoms with Crippen molar-refractivity contribution in [3.8, 4) is 0 Å². The van der Waals surface area contributed by atoms with E-state index in [1.165, 1.54) is 44.6 Å². The highest BCUT2D eigenvalue weighted by molar-refractivity contribution is 5.82. The Morgan fingerprint density at radius 3 is 2.62 bits per heavy atom. The summed E-state index contributed by atoms with van der Waals surface area (Å²) in [7, 11) is 0. The van der Waals surface area contributed by atoms with E-state index in [2.05, 4.69) is 5.43 Å². The Morgan fingerprint density at radius 1 is 1.24 bits per heavy atom. The number of hydrogen-bond donors (Lipinski definition) is 2. The van der Waals surface area contributed by atoms with Gasteiger partial charge in [0.05, 0.1) is 6.04 Å². The first kappa shape index (κ1) is 14.5. The maximum Gasteiger partial charge on any atom is 0.134 e. The second-order valence-electron chi connectivity index (χ2n) is 6.13. The van der Waals surface area contributed by atoms with Crippen molar-refractivity contribution < 1.29 is 8.81 Å². The summed E-state index contributed by atoms with van der Waals surface area (Å²) in [5.74, 6) is 6.94. The molecule has 0 amide bonds. The first-order valence-corrected chi connectivity index (χ1v) is 7.85. The molecule has 21 heavy (non-hydrogen) atoms. The first-order valence-electron chi connectivity index (χ1n) is 7.85. The van der Waals surface area contributed by atoms with Gasteiger partial charge in [0.25, 0.3) is 0 Å². The smallest absolute Gasteiger partial charge is 0.134 e. The predicted octanol–water partition coefficient (Wildman–Crippen LogP) is 4.36. The normalized spacial score (nSPS) is 18.8. The van der Waals surface area contributed by atoms with Gasteiger partial charge in [-0.2, -0.15) is 0 Å². The minimum absolute atomic E-state index is 0.0126. The molecule has 1 aliphatic carbocycles. The fourth-order valence-electron chi connectivity index (χ4n) is 3.58. The van der Waals surface area contributed by atoms with E-state index in [0.29, 0.717) is 5.92 Å². The van der Waals surface area contributed by atoms with Crippen molar-refractivity contribution >= 4 is 11.0 Å². The molecule has 1 saturated carbocycles. The summed E-state index contributed by atoms with van der Waals surface area (Å²) in [5, 5.41) is 0.846. The number of benzene rings is 1. The standard InChI is InChI=1S/C17H23FN2O/c1-11-14-10-13(18)8-9-15(14)21-17(11)16(20-19)12-6-4-2-3-5-7-12/h8-10,12,16,20H,2-7,19H2,1H3. The molecule has 3 N–H and O–H groups in total. The van der Waals surface area contributed by atoms with Crippen molar-refractivity contribution in [3.05, 3.63) is 35.3 Å². The van der Waals surface area contributed by atoms with Crippen molar-refractivity contribution in [1.82, 2.24) is 5.43 Å². The SMILES string of the molecule is Cc1c(C(NN)C2CCCCCC2)oc2ccc(F)cc12. The van der Waals surface area contributed by atoms with Crippen LogP contribution in [0.4, 0.5) is 4.39 Å². The maximum absolute atomic E-state index is 13.4. The van der Waals surface area contributed by atoms with Crippen molar-refractivity contribution in [2.24, 2.45) is 11.8 Å². The third kappa shape index (κ3) is 2.83. The van der Waals surface area contributed by atoms with Crippen molar-refractivity contribution in [2.45, 2.75) is 51.5 Å². The highest BCUT2D eigenvalue weighted by atomic mass is 19.1. The van der Waals surface area contributed by atoms with E-state index in [1.807, 2.05) is 6.92 Å². The van der Waals surface area contributed by atoms with E-state index in [4.69, 9.17) is 10.3 Å². The molecule has 0 spiro atoms. The van der Waals surface area contributed by atoms with Crippen LogP contribution in [0.3, 0.4) is 0 Å². The zero-order valence-electron chi connectivity index (χ0n) is 12.5. The Morgan fingerprint density at radius 2 is 1.95 bits per heavy atom. The van der Waals surface area contributed by atoms with Gasteiger partial charge in [0.15, 0.2) is 0 Å². The van der Waals surface area contributed by atoms with Crippen LogP contribution in [-0.2, 0) is 0 Å². The fraction of sp³-hybridized carbons (Fsp3) is 0.529. The number of hydrogen-bond acceptors (Lipinski definition) is 3. The second kappa shape index (κ2) is 6.16. The zero-order valence-corrected chi connectivity index (χ0v) is 12.5. The van der Waals surface area contributed by atoms with Crippen molar-refractivity contribution in [2.75, 3.05) is 0 Å². The van der Waals surface area contributed by atoms with Crippen LogP contribution >= 0.6 is 0 Å². The average Bonchev–Trinajstić information content (AvgIpc) is 2.69. The Balaban J connectivity index is 1.98. The summed E-state index contributed by atoms with van der Waals surface area (Å²) in [6.07, 6.45) is 7.43. The van der Waals surface area contributed by atoms with Crippen LogP contribution in [-0.4, -0.2) is 0 Å². The lowest BCUT2D eigenvalue weighted by Gasteiger charge is -2.24. The van der Waals surface area contributed by atoms with Gasteiger partial charge in [-0.1, -0.05) is 25.7 Å². The van der Waals surface area contributed by atoms with E-state index in [1.54, 1.807) is 12.1 Å². The molecule has 4 heteroatoms. The largest absolute Gasteiger partial charge is 0.459 e. The van der Waals surface area contributed by atoms with Crippen LogP contribution in [0, 0.1) is 18.7 Å². The fourth-order valence-corrected chi connectivity index (χ4v) is 3.58. The Kier molecular flexibility index (Phi) is 4.27. The lowest BCUT2D eigenvalue weighted by atomic mass is 9.89. The van der Waals surface area contributed by atoms with Crippen LogP contribution in [0.5, 0.6) is 0 Å². The molecule has 1 aromatic heterocycles. The van der Waals surface area contributed by atoms with E-state index in [-0.39, 0.29) is 11.9 Å². The summed E-state index contributed by atoms with van der Waals surface area (Å²) in [6.45, 7) is 1.99.